The van der Waals surface area contributed by atoms with Crippen LogP contribution in [0.1, 0.15) is 31.4 Å². The van der Waals surface area contributed by atoms with Crippen molar-refractivity contribution >= 4 is 9.84 Å². The zero-order chi connectivity index (χ0) is 15.2. The van der Waals surface area contributed by atoms with Gasteiger partial charge in [-0.1, -0.05) is 44.2 Å². The van der Waals surface area contributed by atoms with Crippen molar-refractivity contribution in [3.63, 3.8) is 0 Å². The zero-order valence-corrected chi connectivity index (χ0v) is 13.4. The van der Waals surface area contributed by atoms with Crippen molar-refractivity contribution in [2.75, 3.05) is 6.26 Å². The molecule has 0 aliphatic rings. The summed E-state index contributed by atoms with van der Waals surface area (Å²) in [6, 6.07) is 8.21. The Bertz CT molecular complexity index is 530. The third kappa shape index (κ3) is 6.87. The van der Waals surface area contributed by atoms with Gasteiger partial charge in [-0.3, -0.25) is 0 Å². The zero-order valence-electron chi connectivity index (χ0n) is 12.5. The highest BCUT2D eigenvalue weighted by Gasteiger charge is 2.10. The molecule has 1 rings (SSSR count). The molecule has 0 saturated carbocycles. The fraction of sp³-hybridized carbons (Fsp3) is 0.500. The predicted molar refractivity (Wildman–Crippen MR) is 85.0 cm³/mol. The highest BCUT2D eigenvalue weighted by Crippen LogP contribution is 2.19. The van der Waals surface area contributed by atoms with Crippen LogP contribution in [-0.4, -0.2) is 14.7 Å². The van der Waals surface area contributed by atoms with Gasteiger partial charge in [-0.15, -0.1) is 0 Å². The summed E-state index contributed by atoms with van der Waals surface area (Å²) in [7, 11) is -3.06. The smallest absolute Gasteiger partial charge is 0.168 e. The van der Waals surface area contributed by atoms with Crippen LogP contribution in [0.4, 0.5) is 0 Å². The van der Waals surface area contributed by atoms with Gasteiger partial charge in [-0.2, -0.15) is 0 Å². The third-order valence-corrected chi connectivity index (χ3v) is 3.78. The molecule has 0 bridgehead atoms. The fourth-order valence-corrected chi connectivity index (χ4v) is 2.71. The Morgan fingerprint density at radius 1 is 1.15 bits per heavy atom. The van der Waals surface area contributed by atoms with Crippen LogP contribution in [0.5, 0.6) is 0 Å². The first-order valence-electron chi connectivity index (χ1n) is 6.96. The summed E-state index contributed by atoms with van der Waals surface area (Å²) in [5, 5.41) is 1.33. The fourth-order valence-electron chi connectivity index (χ4n) is 2.20. The molecule has 0 saturated heterocycles. The van der Waals surface area contributed by atoms with Gasteiger partial charge in [0.05, 0.1) is 0 Å². The SMILES string of the molecule is CC(C)C[C@H](/C=C/S(C)(=O)=O)Cc1ccc(CN)cc1. The molecule has 3 nitrogen and oxygen atoms in total. The summed E-state index contributed by atoms with van der Waals surface area (Å²) in [4.78, 5) is 0. The Morgan fingerprint density at radius 2 is 1.70 bits per heavy atom. The van der Waals surface area contributed by atoms with Crippen molar-refractivity contribution in [2.24, 2.45) is 17.6 Å². The largest absolute Gasteiger partial charge is 0.326 e. The van der Waals surface area contributed by atoms with E-state index < -0.39 is 9.84 Å². The van der Waals surface area contributed by atoms with Crippen LogP contribution in [0, 0.1) is 11.8 Å². The van der Waals surface area contributed by atoms with E-state index >= 15 is 0 Å². The maximum atomic E-state index is 11.3. The van der Waals surface area contributed by atoms with E-state index in [2.05, 4.69) is 26.0 Å². The molecule has 0 aliphatic heterocycles. The van der Waals surface area contributed by atoms with Crippen LogP contribution in [0.2, 0.25) is 0 Å². The van der Waals surface area contributed by atoms with Gasteiger partial charge in [0.1, 0.15) is 0 Å². The Kier molecular flexibility index (Phi) is 6.43. The lowest BCUT2D eigenvalue weighted by Crippen LogP contribution is -2.07. The summed E-state index contributed by atoms with van der Waals surface area (Å²) >= 11 is 0. The topological polar surface area (TPSA) is 60.2 Å². The van der Waals surface area contributed by atoms with Crippen molar-refractivity contribution in [3.8, 4) is 0 Å². The standard InChI is InChI=1S/C16H25NO2S/c1-13(2)10-16(8-9-20(3,18)19)11-14-4-6-15(12-17)7-5-14/h4-9,13,16H,10-12,17H2,1-3H3/b9-8+/t16-/m0/s1. The van der Waals surface area contributed by atoms with Crippen LogP contribution in [0.25, 0.3) is 0 Å². The minimum absolute atomic E-state index is 0.244. The maximum absolute atomic E-state index is 11.3. The number of sulfone groups is 1. The molecule has 0 spiro atoms. The van der Waals surface area contributed by atoms with Gasteiger partial charge in [0, 0.05) is 18.2 Å². The lowest BCUT2D eigenvalue weighted by Gasteiger charge is -2.15. The molecule has 0 heterocycles. The molecule has 4 heteroatoms. The van der Waals surface area contributed by atoms with Gasteiger partial charge < -0.3 is 5.73 Å². The van der Waals surface area contributed by atoms with Gasteiger partial charge in [-0.05, 0) is 35.8 Å². The van der Waals surface area contributed by atoms with Crippen molar-refractivity contribution in [3.05, 3.63) is 46.9 Å². The van der Waals surface area contributed by atoms with E-state index in [1.165, 1.54) is 17.2 Å². The van der Waals surface area contributed by atoms with Crippen LogP contribution < -0.4 is 5.73 Å². The molecule has 0 fully saturated rings. The van der Waals surface area contributed by atoms with E-state index in [1.807, 2.05) is 18.2 Å². The number of hydrogen-bond acceptors (Lipinski definition) is 3. The Labute approximate surface area is 122 Å². The van der Waals surface area contributed by atoms with Crippen LogP contribution >= 0.6 is 0 Å². The quantitative estimate of drug-likeness (QED) is 0.841. The summed E-state index contributed by atoms with van der Waals surface area (Å²) in [5.41, 5.74) is 7.91. The first kappa shape index (κ1) is 16.9. The highest BCUT2D eigenvalue weighted by molar-refractivity contribution is 7.93. The van der Waals surface area contributed by atoms with Crippen molar-refractivity contribution in [2.45, 2.75) is 33.2 Å². The van der Waals surface area contributed by atoms with Gasteiger partial charge in [-0.25, -0.2) is 8.42 Å². The second kappa shape index (κ2) is 7.60. The average molecular weight is 295 g/mol. The van der Waals surface area contributed by atoms with Crippen LogP contribution in [0.3, 0.4) is 0 Å². The average Bonchev–Trinajstić information content (AvgIpc) is 2.35. The molecule has 2 N–H and O–H groups in total. The lowest BCUT2D eigenvalue weighted by atomic mass is 9.91. The molecule has 0 aromatic heterocycles. The van der Waals surface area contributed by atoms with Crippen LogP contribution in [0.15, 0.2) is 35.7 Å². The second-order valence-corrected chi connectivity index (χ2v) is 7.70. The molecule has 0 aliphatic carbocycles. The normalized spacial score (nSPS) is 14.1. The second-order valence-electron chi connectivity index (χ2n) is 5.77. The molecule has 112 valence electrons. The molecule has 0 unspecified atom stereocenters. The van der Waals surface area contributed by atoms with Gasteiger partial charge in [0.25, 0.3) is 0 Å². The van der Waals surface area contributed by atoms with E-state index in [9.17, 15) is 8.42 Å². The molecule has 20 heavy (non-hydrogen) atoms. The molecular weight excluding hydrogens is 270 g/mol. The van der Waals surface area contributed by atoms with E-state index in [-0.39, 0.29) is 5.92 Å². The molecule has 0 radical (unpaired) electrons. The highest BCUT2D eigenvalue weighted by atomic mass is 32.2. The number of benzene rings is 1. The Hall–Kier alpha value is -1.13. The molecule has 1 atom stereocenters. The summed E-state index contributed by atoms with van der Waals surface area (Å²) in [5.74, 6) is 0.779. The van der Waals surface area contributed by atoms with Crippen molar-refractivity contribution in [1.82, 2.24) is 0 Å². The van der Waals surface area contributed by atoms with E-state index in [0.29, 0.717) is 12.5 Å². The maximum Gasteiger partial charge on any atom is 0.168 e. The van der Waals surface area contributed by atoms with E-state index in [4.69, 9.17) is 5.73 Å². The number of hydrogen-bond donors (Lipinski definition) is 1. The van der Waals surface area contributed by atoms with Gasteiger partial charge in [0.2, 0.25) is 0 Å². The van der Waals surface area contributed by atoms with Crippen LogP contribution in [-0.2, 0) is 22.8 Å². The first-order valence-corrected chi connectivity index (χ1v) is 8.91. The number of rotatable bonds is 7. The monoisotopic (exact) mass is 295 g/mol. The predicted octanol–water partition coefficient (Wildman–Crippen LogP) is 2.91. The molecule has 1 aromatic rings. The summed E-state index contributed by atoms with van der Waals surface area (Å²) in [6.07, 6.45) is 4.89. The number of nitrogens with two attached hydrogens (primary N) is 1. The number of allylic oxidation sites excluding steroid dienone is 1. The summed E-state index contributed by atoms with van der Waals surface area (Å²) in [6.45, 7) is 4.85. The third-order valence-electron chi connectivity index (χ3n) is 3.13. The van der Waals surface area contributed by atoms with Gasteiger partial charge >= 0.3 is 0 Å². The first-order chi connectivity index (χ1) is 9.30. The summed E-state index contributed by atoms with van der Waals surface area (Å²) < 4.78 is 22.5. The molecule has 0 amide bonds. The molecule has 1 aromatic carbocycles. The Morgan fingerprint density at radius 3 is 2.15 bits per heavy atom. The molecular formula is C16H25NO2S. The minimum atomic E-state index is -3.06. The lowest BCUT2D eigenvalue weighted by molar-refractivity contribution is 0.473. The van der Waals surface area contributed by atoms with Crippen molar-refractivity contribution < 1.29 is 8.42 Å². The Balaban J connectivity index is 2.80. The van der Waals surface area contributed by atoms with E-state index in [0.717, 1.165) is 18.4 Å². The van der Waals surface area contributed by atoms with Gasteiger partial charge in [0.15, 0.2) is 9.84 Å². The minimum Gasteiger partial charge on any atom is -0.326 e. The van der Waals surface area contributed by atoms with E-state index in [1.54, 1.807) is 0 Å². The van der Waals surface area contributed by atoms with Crippen molar-refractivity contribution in [1.29, 1.82) is 0 Å².